The standard InChI is InChI=1S/C19H18FN5O2S2/c1-27-14-8-6-13(7-9-14)25-19(21-22-23-25)29-12-17(26)24-10-11-28-18(24)15-4-2-3-5-16(15)20/h2-9,18H,10-12H2,1H3/t18-/m0/s1. The summed E-state index contributed by atoms with van der Waals surface area (Å²) in [6, 6.07) is 13.9. The van der Waals surface area contributed by atoms with E-state index in [0.29, 0.717) is 17.3 Å². The van der Waals surface area contributed by atoms with Crippen LogP contribution >= 0.6 is 23.5 Å². The number of tetrazole rings is 1. The molecule has 1 fully saturated rings. The van der Waals surface area contributed by atoms with Gasteiger partial charge in [0.05, 0.1) is 18.6 Å². The van der Waals surface area contributed by atoms with Crippen LogP contribution in [0.3, 0.4) is 0 Å². The number of rotatable bonds is 6. The molecule has 1 amide bonds. The molecule has 1 aliphatic heterocycles. The lowest BCUT2D eigenvalue weighted by molar-refractivity contribution is -0.128. The summed E-state index contributed by atoms with van der Waals surface area (Å²) in [6.45, 7) is 0.590. The number of hydrogen-bond donors (Lipinski definition) is 0. The van der Waals surface area contributed by atoms with Gasteiger partial charge in [0.1, 0.15) is 16.9 Å². The minimum Gasteiger partial charge on any atom is -0.497 e. The van der Waals surface area contributed by atoms with E-state index in [1.807, 2.05) is 24.3 Å². The quantitative estimate of drug-likeness (QED) is 0.555. The first-order valence-electron chi connectivity index (χ1n) is 8.88. The average molecular weight is 432 g/mol. The number of amides is 1. The fourth-order valence-corrected chi connectivity index (χ4v) is 5.10. The summed E-state index contributed by atoms with van der Waals surface area (Å²) in [6.07, 6.45) is 0. The van der Waals surface area contributed by atoms with Gasteiger partial charge in [-0.25, -0.2) is 4.39 Å². The highest BCUT2D eigenvalue weighted by atomic mass is 32.2. The molecular weight excluding hydrogens is 413 g/mol. The van der Waals surface area contributed by atoms with Gasteiger partial charge >= 0.3 is 0 Å². The zero-order chi connectivity index (χ0) is 20.2. The first-order valence-corrected chi connectivity index (χ1v) is 10.9. The predicted molar refractivity (Wildman–Crippen MR) is 110 cm³/mol. The molecule has 150 valence electrons. The van der Waals surface area contributed by atoms with Crippen LogP contribution in [0.2, 0.25) is 0 Å². The van der Waals surface area contributed by atoms with Gasteiger partial charge in [0.25, 0.3) is 0 Å². The molecule has 10 heteroatoms. The second-order valence-corrected chi connectivity index (χ2v) is 8.32. The molecular formula is C19H18FN5O2S2. The van der Waals surface area contributed by atoms with E-state index in [1.165, 1.54) is 17.8 Å². The van der Waals surface area contributed by atoms with Crippen LogP contribution in [0.5, 0.6) is 5.75 Å². The van der Waals surface area contributed by atoms with E-state index in [-0.39, 0.29) is 22.9 Å². The maximum absolute atomic E-state index is 14.2. The topological polar surface area (TPSA) is 73.1 Å². The number of methoxy groups -OCH3 is 1. The third-order valence-corrected chi connectivity index (χ3v) is 6.61. The zero-order valence-electron chi connectivity index (χ0n) is 15.6. The Balaban J connectivity index is 1.45. The Labute approximate surface area is 175 Å². The Morgan fingerprint density at radius 1 is 1.28 bits per heavy atom. The van der Waals surface area contributed by atoms with Crippen LogP contribution in [0.25, 0.3) is 5.69 Å². The highest BCUT2D eigenvalue weighted by Crippen LogP contribution is 2.39. The number of halogens is 1. The van der Waals surface area contributed by atoms with Crippen molar-refractivity contribution in [3.8, 4) is 11.4 Å². The molecule has 7 nitrogen and oxygen atoms in total. The number of thioether (sulfide) groups is 2. The van der Waals surface area contributed by atoms with Crippen LogP contribution in [0.15, 0.2) is 53.7 Å². The highest BCUT2D eigenvalue weighted by Gasteiger charge is 2.32. The lowest BCUT2D eigenvalue weighted by Crippen LogP contribution is -2.32. The number of carbonyl (C=O) groups is 1. The van der Waals surface area contributed by atoms with Crippen molar-refractivity contribution in [3.05, 3.63) is 59.9 Å². The van der Waals surface area contributed by atoms with Gasteiger partial charge in [-0.3, -0.25) is 4.79 Å². The van der Waals surface area contributed by atoms with E-state index in [2.05, 4.69) is 15.5 Å². The number of ether oxygens (including phenoxy) is 1. The fourth-order valence-electron chi connectivity index (χ4n) is 3.02. The maximum Gasteiger partial charge on any atom is 0.234 e. The van der Waals surface area contributed by atoms with E-state index in [9.17, 15) is 9.18 Å². The third kappa shape index (κ3) is 4.23. The van der Waals surface area contributed by atoms with Gasteiger partial charge in [-0.2, -0.15) is 4.68 Å². The molecule has 0 bridgehead atoms. The van der Waals surface area contributed by atoms with Crippen LogP contribution < -0.4 is 4.74 Å². The number of benzene rings is 2. The smallest absolute Gasteiger partial charge is 0.234 e. The second-order valence-electron chi connectivity index (χ2n) is 6.19. The highest BCUT2D eigenvalue weighted by molar-refractivity contribution is 8.00. The van der Waals surface area contributed by atoms with Crippen LogP contribution in [0, 0.1) is 5.82 Å². The molecule has 1 aromatic heterocycles. The van der Waals surface area contributed by atoms with Crippen molar-refractivity contribution in [2.24, 2.45) is 0 Å². The van der Waals surface area contributed by atoms with Crippen molar-refractivity contribution in [2.45, 2.75) is 10.5 Å². The van der Waals surface area contributed by atoms with E-state index >= 15 is 0 Å². The van der Waals surface area contributed by atoms with Crippen molar-refractivity contribution < 1.29 is 13.9 Å². The van der Waals surface area contributed by atoms with Crippen molar-refractivity contribution in [3.63, 3.8) is 0 Å². The fraction of sp³-hybridized carbons (Fsp3) is 0.263. The summed E-state index contributed by atoms with van der Waals surface area (Å²) >= 11 is 2.83. The van der Waals surface area contributed by atoms with Crippen molar-refractivity contribution in [1.29, 1.82) is 0 Å². The number of nitrogens with zero attached hydrogens (tertiary/aromatic N) is 5. The van der Waals surface area contributed by atoms with Gasteiger partial charge in [0.2, 0.25) is 11.1 Å². The molecule has 0 aliphatic carbocycles. The van der Waals surface area contributed by atoms with Gasteiger partial charge in [-0.15, -0.1) is 16.9 Å². The van der Waals surface area contributed by atoms with Crippen molar-refractivity contribution in [2.75, 3.05) is 25.2 Å². The predicted octanol–water partition coefficient (Wildman–Crippen LogP) is 3.18. The number of carbonyl (C=O) groups excluding carboxylic acids is 1. The van der Waals surface area contributed by atoms with E-state index in [4.69, 9.17) is 4.74 Å². The second kappa shape index (κ2) is 8.83. The van der Waals surface area contributed by atoms with Gasteiger partial charge in [0, 0.05) is 17.9 Å². The summed E-state index contributed by atoms with van der Waals surface area (Å²) < 4.78 is 20.9. The Morgan fingerprint density at radius 2 is 2.07 bits per heavy atom. The lowest BCUT2D eigenvalue weighted by atomic mass is 10.2. The van der Waals surface area contributed by atoms with Gasteiger partial charge in [-0.05, 0) is 40.8 Å². The summed E-state index contributed by atoms with van der Waals surface area (Å²) in [5.74, 6) is 1.32. The summed E-state index contributed by atoms with van der Waals surface area (Å²) in [5, 5.41) is 12.0. The Kier molecular flexibility index (Phi) is 6.00. The minimum atomic E-state index is -0.304. The molecule has 0 radical (unpaired) electrons. The summed E-state index contributed by atoms with van der Waals surface area (Å²) in [4.78, 5) is 14.6. The molecule has 0 unspecified atom stereocenters. The summed E-state index contributed by atoms with van der Waals surface area (Å²) in [7, 11) is 1.60. The Morgan fingerprint density at radius 3 is 2.83 bits per heavy atom. The zero-order valence-corrected chi connectivity index (χ0v) is 17.2. The van der Waals surface area contributed by atoms with Crippen LogP contribution in [-0.2, 0) is 4.79 Å². The van der Waals surface area contributed by atoms with Gasteiger partial charge in [-0.1, -0.05) is 30.0 Å². The lowest BCUT2D eigenvalue weighted by Gasteiger charge is -2.24. The van der Waals surface area contributed by atoms with E-state index in [1.54, 1.807) is 46.7 Å². The molecule has 3 aromatic rings. The first kappa shape index (κ1) is 19.7. The Bertz CT molecular complexity index is 998. The van der Waals surface area contributed by atoms with Crippen LogP contribution in [-0.4, -0.2) is 56.2 Å². The molecule has 2 heterocycles. The Hall–Kier alpha value is -2.59. The van der Waals surface area contributed by atoms with Crippen LogP contribution in [0.4, 0.5) is 4.39 Å². The largest absolute Gasteiger partial charge is 0.497 e. The molecule has 2 aromatic carbocycles. The SMILES string of the molecule is COc1ccc(-n2nnnc2SCC(=O)N2CCS[C@H]2c2ccccc2F)cc1. The molecule has 0 saturated carbocycles. The number of hydrogen-bond acceptors (Lipinski definition) is 7. The van der Waals surface area contributed by atoms with Crippen molar-refractivity contribution in [1.82, 2.24) is 25.1 Å². The molecule has 4 rings (SSSR count). The molecule has 29 heavy (non-hydrogen) atoms. The van der Waals surface area contributed by atoms with Crippen molar-refractivity contribution >= 4 is 29.4 Å². The molecule has 1 aliphatic rings. The molecule has 1 atom stereocenters. The van der Waals surface area contributed by atoms with Gasteiger partial charge < -0.3 is 9.64 Å². The molecule has 0 N–H and O–H groups in total. The molecule has 1 saturated heterocycles. The monoisotopic (exact) mass is 431 g/mol. The number of aromatic nitrogens is 4. The summed E-state index contributed by atoms with van der Waals surface area (Å²) in [5.41, 5.74) is 1.31. The first-order chi connectivity index (χ1) is 14.2. The molecule has 0 spiro atoms. The normalized spacial score (nSPS) is 16.2. The van der Waals surface area contributed by atoms with Gasteiger partial charge in [0.15, 0.2) is 0 Å². The average Bonchev–Trinajstić information content (AvgIpc) is 3.42. The van der Waals surface area contributed by atoms with Crippen LogP contribution in [0.1, 0.15) is 10.9 Å². The van der Waals surface area contributed by atoms with E-state index < -0.39 is 0 Å². The minimum absolute atomic E-state index is 0.0717. The van der Waals surface area contributed by atoms with E-state index in [0.717, 1.165) is 17.2 Å². The maximum atomic E-state index is 14.2. The third-order valence-electron chi connectivity index (χ3n) is 4.47.